The average molecular weight is 286 g/mol. The van der Waals surface area contributed by atoms with Gasteiger partial charge in [-0.3, -0.25) is 9.48 Å². The van der Waals surface area contributed by atoms with Crippen LogP contribution in [0, 0.1) is 6.92 Å². The normalized spacial score (nSPS) is 12.2. The van der Waals surface area contributed by atoms with E-state index < -0.39 is 0 Å². The van der Waals surface area contributed by atoms with Crippen molar-refractivity contribution in [1.82, 2.24) is 14.3 Å². The number of carbonyl (C=O) groups is 1. The fourth-order valence-electron chi connectivity index (χ4n) is 2.23. The van der Waals surface area contributed by atoms with Gasteiger partial charge in [-0.05, 0) is 24.6 Å². The van der Waals surface area contributed by atoms with Crippen LogP contribution in [0.25, 0.3) is 10.2 Å². The molecule has 0 saturated carbocycles. The van der Waals surface area contributed by atoms with Crippen LogP contribution in [0.5, 0.6) is 0 Å². The van der Waals surface area contributed by atoms with E-state index in [0.29, 0.717) is 10.5 Å². The number of carbonyl (C=O) groups excluding carboxylic acids is 1. The Balaban J connectivity index is 2.18. The number of aryl methyl sites for hydroxylation is 3. The minimum absolute atomic E-state index is 0.273. The molecule has 0 aliphatic rings. The van der Waals surface area contributed by atoms with Gasteiger partial charge in [-0.15, -0.1) is 0 Å². The molecule has 0 N–H and O–H groups in total. The second kappa shape index (κ2) is 4.72. The van der Waals surface area contributed by atoms with Crippen molar-refractivity contribution in [2.24, 2.45) is 19.1 Å². The molecule has 0 aliphatic heterocycles. The van der Waals surface area contributed by atoms with Crippen LogP contribution in [0.4, 0.5) is 0 Å². The monoisotopic (exact) mass is 286 g/mol. The van der Waals surface area contributed by atoms with Crippen molar-refractivity contribution in [3.63, 3.8) is 0 Å². The maximum atomic E-state index is 12.2. The van der Waals surface area contributed by atoms with Crippen molar-refractivity contribution in [2.45, 2.75) is 6.92 Å². The molecule has 1 aromatic carbocycles. The topological polar surface area (TPSA) is 52.2 Å². The summed E-state index contributed by atoms with van der Waals surface area (Å²) in [5.41, 5.74) is 2.78. The van der Waals surface area contributed by atoms with Crippen LogP contribution >= 0.6 is 11.3 Å². The van der Waals surface area contributed by atoms with Crippen LogP contribution in [0.1, 0.15) is 16.1 Å². The lowest BCUT2D eigenvalue weighted by atomic mass is 10.2. The summed E-state index contributed by atoms with van der Waals surface area (Å²) in [7, 11) is 3.67. The summed E-state index contributed by atoms with van der Waals surface area (Å²) in [6.07, 6.45) is 1.60. The molecule has 0 spiro atoms. The number of hydrogen-bond donors (Lipinski definition) is 0. The van der Waals surface area contributed by atoms with E-state index in [1.807, 2.05) is 23.7 Å². The number of amides is 1. The van der Waals surface area contributed by atoms with Crippen LogP contribution in [-0.2, 0) is 14.1 Å². The Morgan fingerprint density at radius 2 is 2.10 bits per heavy atom. The van der Waals surface area contributed by atoms with E-state index in [4.69, 9.17) is 0 Å². The molecular formula is C14H14N4OS. The third-order valence-corrected chi connectivity index (χ3v) is 4.36. The van der Waals surface area contributed by atoms with Crippen molar-refractivity contribution >= 4 is 27.5 Å². The molecule has 6 heteroatoms. The van der Waals surface area contributed by atoms with Crippen LogP contribution in [-0.4, -0.2) is 20.3 Å². The van der Waals surface area contributed by atoms with Gasteiger partial charge in [-0.25, -0.2) is 0 Å². The first kappa shape index (κ1) is 12.8. The summed E-state index contributed by atoms with van der Waals surface area (Å²) in [6.45, 7) is 2.06. The molecule has 1 amide bonds. The Hall–Kier alpha value is -2.21. The summed E-state index contributed by atoms with van der Waals surface area (Å²) >= 11 is 1.52. The largest absolute Gasteiger partial charge is 0.319 e. The van der Waals surface area contributed by atoms with Gasteiger partial charge in [0.05, 0.1) is 10.2 Å². The lowest BCUT2D eigenvalue weighted by Crippen LogP contribution is -2.15. The highest BCUT2D eigenvalue weighted by atomic mass is 32.1. The molecule has 0 fully saturated rings. The minimum Gasteiger partial charge on any atom is -0.319 e. The molecule has 0 unspecified atom stereocenters. The Labute approximate surface area is 119 Å². The van der Waals surface area contributed by atoms with Crippen LogP contribution < -0.4 is 4.80 Å². The number of hydrogen-bond acceptors (Lipinski definition) is 3. The predicted octanol–water partition coefficient (Wildman–Crippen LogP) is 2.02. The zero-order chi connectivity index (χ0) is 14.3. The Morgan fingerprint density at radius 3 is 2.75 bits per heavy atom. The molecule has 0 radical (unpaired) electrons. The second-order valence-electron chi connectivity index (χ2n) is 4.62. The first-order chi connectivity index (χ1) is 9.58. The van der Waals surface area contributed by atoms with Crippen LogP contribution in [0.2, 0.25) is 0 Å². The smallest absolute Gasteiger partial charge is 0.297 e. The number of fused-ring (bicyclic) bond motifs is 1. The van der Waals surface area contributed by atoms with E-state index in [0.717, 1.165) is 10.2 Å². The van der Waals surface area contributed by atoms with Crippen LogP contribution in [0.3, 0.4) is 0 Å². The molecule has 3 aromatic rings. The lowest BCUT2D eigenvalue weighted by molar-refractivity contribution is 0.0989. The molecular weight excluding hydrogens is 272 g/mol. The van der Waals surface area contributed by atoms with Gasteiger partial charge < -0.3 is 4.57 Å². The molecule has 2 aromatic heterocycles. The van der Waals surface area contributed by atoms with Crippen LogP contribution in [0.15, 0.2) is 35.5 Å². The van der Waals surface area contributed by atoms with E-state index >= 15 is 0 Å². The molecule has 0 saturated heterocycles. The summed E-state index contributed by atoms with van der Waals surface area (Å²) in [4.78, 5) is 17.1. The zero-order valence-corrected chi connectivity index (χ0v) is 12.3. The number of nitrogens with zero attached hydrogens (tertiary/aromatic N) is 4. The van der Waals surface area contributed by atoms with E-state index in [-0.39, 0.29) is 5.91 Å². The molecule has 5 nitrogen and oxygen atoms in total. The molecule has 20 heavy (non-hydrogen) atoms. The number of para-hydroxylation sites is 1. The molecule has 0 bridgehead atoms. The predicted molar refractivity (Wildman–Crippen MR) is 78.6 cm³/mol. The fraction of sp³-hybridized carbons (Fsp3) is 0.214. The van der Waals surface area contributed by atoms with Crippen molar-refractivity contribution in [1.29, 1.82) is 0 Å². The first-order valence-electron chi connectivity index (χ1n) is 6.20. The molecule has 3 rings (SSSR count). The Kier molecular flexibility index (Phi) is 3.02. The van der Waals surface area contributed by atoms with Gasteiger partial charge in [0.2, 0.25) is 0 Å². The number of thiazole rings is 1. The second-order valence-corrected chi connectivity index (χ2v) is 5.63. The van der Waals surface area contributed by atoms with E-state index in [1.165, 1.54) is 21.6 Å². The summed E-state index contributed by atoms with van der Waals surface area (Å²) in [5.74, 6) is -0.273. The number of aromatic nitrogens is 3. The SMILES string of the molecule is Cc1cccc2sc(=NC(=O)c3ccnn3C)n(C)c12. The van der Waals surface area contributed by atoms with Gasteiger partial charge in [-0.1, -0.05) is 23.5 Å². The maximum absolute atomic E-state index is 12.2. The minimum atomic E-state index is -0.273. The van der Waals surface area contributed by atoms with Gasteiger partial charge in [0, 0.05) is 20.3 Å². The highest BCUT2D eigenvalue weighted by Crippen LogP contribution is 2.19. The fourth-order valence-corrected chi connectivity index (χ4v) is 3.33. The molecule has 0 atom stereocenters. The van der Waals surface area contributed by atoms with Crippen molar-refractivity contribution in [3.8, 4) is 0 Å². The third-order valence-electron chi connectivity index (χ3n) is 3.26. The zero-order valence-electron chi connectivity index (χ0n) is 11.5. The van der Waals surface area contributed by atoms with E-state index in [2.05, 4.69) is 23.1 Å². The van der Waals surface area contributed by atoms with Crippen molar-refractivity contribution in [3.05, 3.63) is 46.5 Å². The van der Waals surface area contributed by atoms with Gasteiger partial charge >= 0.3 is 0 Å². The molecule has 2 heterocycles. The quantitative estimate of drug-likeness (QED) is 0.687. The highest BCUT2D eigenvalue weighted by Gasteiger charge is 2.10. The Bertz CT molecular complexity index is 869. The standard InChI is InChI=1S/C14H14N4OS/c1-9-5-4-6-11-12(9)17(2)14(20-11)16-13(19)10-7-8-15-18(10)3/h4-8H,1-3H3. The number of benzene rings is 1. The summed E-state index contributed by atoms with van der Waals surface area (Å²) in [6, 6.07) is 7.79. The molecule has 0 aliphatic carbocycles. The summed E-state index contributed by atoms with van der Waals surface area (Å²) < 4.78 is 4.62. The van der Waals surface area contributed by atoms with E-state index in [1.54, 1.807) is 19.3 Å². The average Bonchev–Trinajstić information content (AvgIpc) is 2.95. The molecule has 102 valence electrons. The highest BCUT2D eigenvalue weighted by molar-refractivity contribution is 7.16. The number of rotatable bonds is 1. The summed E-state index contributed by atoms with van der Waals surface area (Å²) in [5, 5.41) is 3.99. The van der Waals surface area contributed by atoms with Gasteiger partial charge in [-0.2, -0.15) is 10.1 Å². The van der Waals surface area contributed by atoms with Gasteiger partial charge in [0.15, 0.2) is 4.80 Å². The van der Waals surface area contributed by atoms with Crippen molar-refractivity contribution < 1.29 is 4.79 Å². The van der Waals surface area contributed by atoms with Crippen molar-refractivity contribution in [2.75, 3.05) is 0 Å². The van der Waals surface area contributed by atoms with Gasteiger partial charge in [0.1, 0.15) is 5.69 Å². The third kappa shape index (κ3) is 1.98. The van der Waals surface area contributed by atoms with E-state index in [9.17, 15) is 4.79 Å². The lowest BCUT2D eigenvalue weighted by Gasteiger charge is -1.99. The first-order valence-corrected chi connectivity index (χ1v) is 7.02. The maximum Gasteiger partial charge on any atom is 0.297 e. The van der Waals surface area contributed by atoms with Gasteiger partial charge in [0.25, 0.3) is 5.91 Å². The Morgan fingerprint density at radius 1 is 1.30 bits per heavy atom.